The molecular formula is C2O2U. The molecule has 0 atom stereocenters. The van der Waals surface area contributed by atoms with E-state index in [1.165, 1.54) is 5.94 Å². The minimum atomic E-state index is -1.98. The van der Waals surface area contributed by atoms with Crippen LogP contribution >= 0.6 is 0 Å². The second kappa shape index (κ2) is 4.21. The van der Waals surface area contributed by atoms with Gasteiger partial charge >= 0.3 is 42.9 Å². The van der Waals surface area contributed by atoms with Crippen molar-refractivity contribution < 1.29 is 34.3 Å². The average molecular weight is 294 g/mol. The van der Waals surface area contributed by atoms with Crippen molar-refractivity contribution in [3.05, 3.63) is 0 Å². The van der Waals surface area contributed by atoms with Crippen LogP contribution in [0.4, 0.5) is 0 Å². The maximum atomic E-state index is 9.37. The van der Waals surface area contributed by atoms with Crippen LogP contribution in [-0.4, -0.2) is 8.62 Å². The van der Waals surface area contributed by atoms with Gasteiger partial charge in [-0.15, -0.1) is 0 Å². The molecule has 0 fully saturated rings. The number of carbonyl (C=O) groups excluding carboxylic acids is 1. The summed E-state index contributed by atoms with van der Waals surface area (Å²) >= 11 is -1.98. The molecule has 0 aromatic carbocycles. The third kappa shape index (κ3) is 4.21. The Hall–Kier alpha value is 0.212. The van der Waals surface area contributed by atoms with Crippen LogP contribution in [0.5, 0.6) is 0 Å². The van der Waals surface area contributed by atoms with Gasteiger partial charge in [-0.05, 0) is 0 Å². The molecule has 3 heteroatoms. The third-order valence-electron chi connectivity index (χ3n) is 0.102. The van der Waals surface area contributed by atoms with Gasteiger partial charge in [0.1, 0.15) is 0 Å². The average Bonchev–Trinajstić information content (AvgIpc) is 1.41. The molecule has 5 heavy (non-hydrogen) atoms. The van der Waals surface area contributed by atoms with Gasteiger partial charge in [0.2, 0.25) is 0 Å². The van der Waals surface area contributed by atoms with E-state index in [2.05, 4.69) is 0 Å². The summed E-state index contributed by atoms with van der Waals surface area (Å²) in [4.78, 5) is 9.02. The fourth-order valence-electron chi connectivity index (χ4n) is 0.0208. The molecule has 0 bridgehead atoms. The summed E-state index contributed by atoms with van der Waals surface area (Å²) in [7, 11) is 0. The SMILES string of the molecule is O=C=[C]=[U]=[O]. The van der Waals surface area contributed by atoms with Gasteiger partial charge in [-0.2, -0.15) is 0 Å². The van der Waals surface area contributed by atoms with Crippen molar-refractivity contribution in [1.82, 2.24) is 0 Å². The minimum absolute atomic E-state index is 1.30. The number of hydrogen-bond acceptors (Lipinski definition) is 2. The molecule has 0 saturated carbocycles. The van der Waals surface area contributed by atoms with E-state index in [9.17, 15) is 2.24 Å². The van der Waals surface area contributed by atoms with Gasteiger partial charge < -0.3 is 0 Å². The van der Waals surface area contributed by atoms with Crippen molar-refractivity contribution in [2.75, 3.05) is 0 Å². The van der Waals surface area contributed by atoms with Crippen LogP contribution in [-0.2, 0) is 7.03 Å². The Bertz CT molecular complexity index is 99.6. The molecule has 2 nitrogen and oxygen atoms in total. The third-order valence-corrected chi connectivity index (χ3v) is 0.952. The zero-order valence-corrected chi connectivity index (χ0v) is 6.48. The first-order chi connectivity index (χ1) is 2.41. The van der Waals surface area contributed by atoms with E-state index in [4.69, 9.17) is 4.79 Å². The molecule has 0 aliphatic heterocycles. The Kier molecular flexibility index (Phi) is 4.39. The van der Waals surface area contributed by atoms with Gasteiger partial charge in [0.05, 0.1) is 0 Å². The molecule has 0 radical (unpaired) electrons. The van der Waals surface area contributed by atoms with Crippen molar-refractivity contribution in [2.24, 2.45) is 0 Å². The molecule has 0 spiro atoms. The van der Waals surface area contributed by atoms with Crippen LogP contribution < -0.4 is 0 Å². The van der Waals surface area contributed by atoms with Crippen LogP contribution in [0, 0.1) is 27.3 Å². The Balaban J connectivity index is 4.38. The summed E-state index contributed by atoms with van der Waals surface area (Å²) in [6, 6.07) is 0. The molecule has 0 aliphatic rings. The summed E-state index contributed by atoms with van der Waals surface area (Å²) in [5, 5.41) is 0. The second-order valence-corrected chi connectivity index (χ2v) is 2.22. The Morgan fingerprint density at radius 1 is 1.60 bits per heavy atom. The van der Waals surface area contributed by atoms with Crippen molar-refractivity contribution in [3.8, 4) is 0 Å². The van der Waals surface area contributed by atoms with E-state index in [0.717, 1.165) is 0 Å². The van der Waals surface area contributed by atoms with Crippen molar-refractivity contribution >= 4 is 8.62 Å². The Morgan fingerprint density at radius 2 is 2.20 bits per heavy atom. The molecule has 0 amide bonds. The molecule has 0 aromatic heterocycles. The molecule has 0 heterocycles. The van der Waals surface area contributed by atoms with Gasteiger partial charge in [0, 0.05) is 0 Å². The predicted molar refractivity (Wildman–Crippen MR) is 11.4 cm³/mol. The number of hydrogen-bond donors (Lipinski definition) is 0. The van der Waals surface area contributed by atoms with Crippen molar-refractivity contribution in [1.29, 1.82) is 0 Å². The zero-order valence-electron chi connectivity index (χ0n) is 2.32. The molecule has 24 valence electrons. The molecule has 0 aliphatic carbocycles. The van der Waals surface area contributed by atoms with E-state index in [0.29, 0.717) is 0 Å². The van der Waals surface area contributed by atoms with Crippen LogP contribution in [0.25, 0.3) is 0 Å². The van der Waals surface area contributed by atoms with Gasteiger partial charge in [0.15, 0.2) is 0 Å². The monoisotopic (exact) mass is 294 g/mol. The fourth-order valence-corrected chi connectivity index (χ4v) is 0.194. The summed E-state index contributed by atoms with van der Waals surface area (Å²) < 4.78 is 11.3. The summed E-state index contributed by atoms with van der Waals surface area (Å²) in [5.74, 6) is 1.30. The summed E-state index contributed by atoms with van der Waals surface area (Å²) in [6.07, 6.45) is 0. The van der Waals surface area contributed by atoms with E-state index in [1.54, 1.807) is 0 Å². The topological polar surface area (TPSA) is 34.1 Å². The van der Waals surface area contributed by atoms with Crippen LogP contribution in [0.2, 0.25) is 0 Å². The van der Waals surface area contributed by atoms with Crippen molar-refractivity contribution in [3.63, 3.8) is 0 Å². The van der Waals surface area contributed by atoms with Crippen LogP contribution in [0.15, 0.2) is 0 Å². The van der Waals surface area contributed by atoms with E-state index >= 15 is 0 Å². The number of rotatable bonds is 0. The maximum absolute atomic E-state index is 9.37. The van der Waals surface area contributed by atoms with Gasteiger partial charge in [-0.25, -0.2) is 0 Å². The first-order valence-corrected chi connectivity index (χ1v) is 4.69. The molecule has 0 rings (SSSR count). The first kappa shape index (κ1) is 5.21. The predicted octanol–water partition coefficient (Wildman–Crippen LogP) is -0.794. The van der Waals surface area contributed by atoms with E-state index < -0.39 is 27.3 Å². The van der Waals surface area contributed by atoms with Crippen LogP contribution in [0.3, 0.4) is 0 Å². The quantitative estimate of drug-likeness (QED) is 0.549. The second-order valence-electron chi connectivity index (χ2n) is 0.329. The normalized spacial score (nSPS) is 3.20. The molecule has 0 saturated heterocycles. The van der Waals surface area contributed by atoms with Gasteiger partial charge in [0.25, 0.3) is 0 Å². The fraction of sp³-hybridized carbons (Fsp3) is 0. The van der Waals surface area contributed by atoms with Crippen molar-refractivity contribution in [2.45, 2.75) is 0 Å². The summed E-state index contributed by atoms with van der Waals surface area (Å²) in [6.45, 7) is 0. The summed E-state index contributed by atoms with van der Waals surface area (Å²) in [5.41, 5.74) is 0. The van der Waals surface area contributed by atoms with Gasteiger partial charge in [-0.1, -0.05) is 0 Å². The van der Waals surface area contributed by atoms with E-state index in [-0.39, 0.29) is 0 Å². The Labute approximate surface area is 43.0 Å². The first-order valence-electron chi connectivity index (χ1n) is 0.908. The molecule has 0 aromatic rings. The molecular weight excluding hydrogens is 294 g/mol. The van der Waals surface area contributed by atoms with Gasteiger partial charge in [-0.3, -0.25) is 0 Å². The zero-order chi connectivity index (χ0) is 4.12. The van der Waals surface area contributed by atoms with Crippen LogP contribution in [0.1, 0.15) is 0 Å². The van der Waals surface area contributed by atoms with E-state index in [1.807, 2.05) is 2.68 Å². The Morgan fingerprint density at radius 3 is 2.20 bits per heavy atom. The molecule has 0 unspecified atom stereocenters. The molecule has 0 N–H and O–H groups in total. The standard InChI is InChI=1S/C2O.O.U/c1-2-3;;.